The Labute approximate surface area is 146 Å². The van der Waals surface area contributed by atoms with Crippen LogP contribution in [-0.2, 0) is 10.9 Å². The Morgan fingerprint density at radius 2 is 2.00 bits per heavy atom. The fourth-order valence-electron chi connectivity index (χ4n) is 1.96. The molecule has 0 saturated heterocycles. The third-order valence-electron chi connectivity index (χ3n) is 2.95. The molecule has 0 amide bonds. The van der Waals surface area contributed by atoms with Crippen LogP contribution in [0, 0.1) is 0 Å². The third-order valence-corrected chi connectivity index (χ3v) is 3.45. The lowest BCUT2D eigenvalue weighted by Gasteiger charge is -2.10. The zero-order valence-electron chi connectivity index (χ0n) is 11.7. The number of benzene rings is 1. The smallest absolute Gasteiger partial charge is 0.416 e. The summed E-state index contributed by atoms with van der Waals surface area (Å²) < 4.78 is 43.5. The van der Waals surface area contributed by atoms with Crippen molar-refractivity contribution < 1.29 is 17.9 Å². The van der Waals surface area contributed by atoms with Crippen LogP contribution >= 0.6 is 9.24 Å². The van der Waals surface area contributed by atoms with Gasteiger partial charge in [0.05, 0.1) is 11.6 Å². The molecule has 1 aromatic rings. The topological polar surface area (TPSA) is 21.6 Å². The molecular weight excluding hydrogens is 328 g/mol. The van der Waals surface area contributed by atoms with Crippen LogP contribution in [0.25, 0.3) is 0 Å². The van der Waals surface area contributed by atoms with E-state index in [1.54, 1.807) is 0 Å². The SMILES string of the molecule is CCC[C@@H]1COC(c2cc(C(F)(F)F)ccc2P)=N1.[Al].[Al]. The highest BCUT2D eigenvalue weighted by Crippen LogP contribution is 2.30. The zero-order chi connectivity index (χ0) is 14.0. The van der Waals surface area contributed by atoms with E-state index in [-0.39, 0.29) is 40.8 Å². The summed E-state index contributed by atoms with van der Waals surface area (Å²) in [5.41, 5.74) is -0.280. The second-order valence-electron chi connectivity index (χ2n) is 4.49. The minimum atomic E-state index is -4.35. The van der Waals surface area contributed by atoms with Crippen molar-refractivity contribution in [3.05, 3.63) is 29.3 Å². The van der Waals surface area contributed by atoms with Crippen LogP contribution in [0.15, 0.2) is 23.2 Å². The molecule has 21 heavy (non-hydrogen) atoms. The molecule has 0 N–H and O–H groups in total. The Morgan fingerprint density at radius 3 is 2.57 bits per heavy atom. The average Bonchev–Trinajstić information content (AvgIpc) is 2.77. The predicted molar refractivity (Wildman–Crippen MR) is 83.5 cm³/mol. The zero-order valence-corrected chi connectivity index (χ0v) is 15.1. The molecule has 0 spiro atoms. The van der Waals surface area contributed by atoms with Crippen LogP contribution in [-0.4, -0.2) is 53.3 Å². The lowest BCUT2D eigenvalue weighted by Crippen LogP contribution is -2.15. The van der Waals surface area contributed by atoms with Crippen molar-refractivity contribution in [2.24, 2.45) is 4.99 Å². The maximum atomic E-state index is 12.7. The minimum Gasteiger partial charge on any atom is -0.475 e. The first-order valence-electron chi connectivity index (χ1n) is 6.09. The fourth-order valence-corrected chi connectivity index (χ4v) is 2.26. The van der Waals surface area contributed by atoms with Gasteiger partial charge in [0.15, 0.2) is 0 Å². The quantitative estimate of drug-likeness (QED) is 0.610. The van der Waals surface area contributed by atoms with Gasteiger partial charge in [0.1, 0.15) is 6.61 Å². The van der Waals surface area contributed by atoms with E-state index in [2.05, 4.69) is 14.2 Å². The summed E-state index contributed by atoms with van der Waals surface area (Å²) in [5, 5.41) is 0.656. The molecule has 110 valence electrons. The van der Waals surface area contributed by atoms with Gasteiger partial charge in [0.2, 0.25) is 5.90 Å². The highest BCUT2D eigenvalue weighted by atomic mass is 31.0. The molecule has 1 aliphatic heterocycles. The molecule has 0 saturated carbocycles. The predicted octanol–water partition coefficient (Wildman–Crippen LogP) is 2.39. The minimum absolute atomic E-state index is 0. The summed E-state index contributed by atoms with van der Waals surface area (Å²) in [7, 11) is 2.42. The monoisotopic (exact) mass is 343 g/mol. The average molecular weight is 343 g/mol. The molecule has 0 aromatic heterocycles. The van der Waals surface area contributed by atoms with Crippen molar-refractivity contribution in [3.63, 3.8) is 0 Å². The highest BCUT2D eigenvalue weighted by Gasteiger charge is 2.32. The first-order valence-corrected chi connectivity index (χ1v) is 6.67. The number of aliphatic imine (C=N–C) groups is 1. The van der Waals surface area contributed by atoms with E-state index in [9.17, 15) is 13.2 Å². The van der Waals surface area contributed by atoms with Gasteiger partial charge in [-0.3, -0.25) is 0 Å². The van der Waals surface area contributed by atoms with Gasteiger partial charge in [-0.15, -0.1) is 9.24 Å². The van der Waals surface area contributed by atoms with E-state index in [0.717, 1.165) is 25.0 Å². The summed E-state index contributed by atoms with van der Waals surface area (Å²) in [6, 6.07) is 3.63. The Morgan fingerprint density at radius 1 is 1.33 bits per heavy atom. The second kappa shape index (κ2) is 8.57. The van der Waals surface area contributed by atoms with E-state index in [1.165, 1.54) is 6.07 Å². The van der Waals surface area contributed by atoms with E-state index >= 15 is 0 Å². The molecule has 8 heteroatoms. The fraction of sp³-hybridized carbons (Fsp3) is 0.462. The molecule has 2 rings (SSSR count). The Bertz CT molecular complexity index is 509. The third kappa shape index (κ3) is 5.28. The number of alkyl halides is 3. The van der Waals surface area contributed by atoms with Gasteiger partial charge in [0, 0.05) is 40.3 Å². The molecule has 1 heterocycles. The molecule has 0 aliphatic carbocycles. The van der Waals surface area contributed by atoms with Crippen LogP contribution < -0.4 is 5.30 Å². The number of hydrogen-bond donors (Lipinski definition) is 0. The molecule has 1 aliphatic rings. The van der Waals surface area contributed by atoms with Crippen molar-refractivity contribution in [3.8, 4) is 0 Å². The number of ether oxygens (including phenoxy) is 1. The molecule has 2 atom stereocenters. The standard InChI is InChI=1S/C13H15F3NOP.2Al/c1-2-3-9-7-18-12(17-9)10-6-8(13(14,15)16)4-5-11(10)19;;/h4-6,9H,2-3,7,19H2,1H3;;/t9-;;/m1../s1. The van der Waals surface area contributed by atoms with Crippen LogP contribution in [0.3, 0.4) is 0 Å². The van der Waals surface area contributed by atoms with E-state index in [0.29, 0.717) is 23.4 Å². The summed E-state index contributed by atoms with van der Waals surface area (Å²) in [6.07, 6.45) is -2.50. The van der Waals surface area contributed by atoms with Gasteiger partial charge < -0.3 is 4.74 Å². The number of hydrogen-bond acceptors (Lipinski definition) is 2. The number of rotatable bonds is 3. The van der Waals surface area contributed by atoms with Gasteiger partial charge in [0.25, 0.3) is 0 Å². The summed E-state index contributed by atoms with van der Waals surface area (Å²) in [5.74, 6) is 0.314. The summed E-state index contributed by atoms with van der Waals surface area (Å²) >= 11 is 0. The van der Waals surface area contributed by atoms with Gasteiger partial charge in [-0.05, 0) is 23.9 Å². The molecule has 6 radical (unpaired) electrons. The van der Waals surface area contributed by atoms with Gasteiger partial charge in [-0.25, -0.2) is 4.99 Å². The molecule has 1 aromatic carbocycles. The number of halogens is 3. The Hall–Kier alpha value is -0.0251. The van der Waals surface area contributed by atoms with Gasteiger partial charge in [-0.2, -0.15) is 13.2 Å². The van der Waals surface area contributed by atoms with Gasteiger partial charge >= 0.3 is 6.18 Å². The molecule has 2 nitrogen and oxygen atoms in total. The van der Waals surface area contributed by atoms with E-state index < -0.39 is 11.7 Å². The van der Waals surface area contributed by atoms with Crippen molar-refractivity contribution in [2.45, 2.75) is 32.0 Å². The highest BCUT2D eigenvalue weighted by molar-refractivity contribution is 7.27. The molecule has 0 bridgehead atoms. The van der Waals surface area contributed by atoms with Crippen LogP contribution in [0.5, 0.6) is 0 Å². The lowest BCUT2D eigenvalue weighted by molar-refractivity contribution is -0.137. The van der Waals surface area contributed by atoms with E-state index in [4.69, 9.17) is 4.74 Å². The summed E-state index contributed by atoms with van der Waals surface area (Å²) in [4.78, 5) is 4.35. The van der Waals surface area contributed by atoms with Crippen molar-refractivity contribution in [2.75, 3.05) is 6.61 Å². The molecule has 0 fully saturated rings. The largest absolute Gasteiger partial charge is 0.475 e. The Kier molecular flexibility index (Phi) is 8.56. The maximum Gasteiger partial charge on any atom is 0.416 e. The molecular formula is C13H15Al2F3NOP. The normalized spacial score (nSPS) is 17.4. The summed E-state index contributed by atoms with van der Waals surface area (Å²) in [6.45, 7) is 2.49. The van der Waals surface area contributed by atoms with Crippen LogP contribution in [0.4, 0.5) is 13.2 Å². The Balaban J connectivity index is 0.00000200. The van der Waals surface area contributed by atoms with Crippen LogP contribution in [0.2, 0.25) is 0 Å². The first-order chi connectivity index (χ1) is 8.91. The van der Waals surface area contributed by atoms with Crippen molar-refractivity contribution >= 4 is 55.2 Å². The lowest BCUT2D eigenvalue weighted by atomic mass is 10.1. The first kappa shape index (κ1) is 21.0. The second-order valence-corrected chi connectivity index (χ2v) is 5.11. The van der Waals surface area contributed by atoms with E-state index in [1.807, 2.05) is 6.92 Å². The van der Waals surface area contributed by atoms with Crippen LogP contribution in [0.1, 0.15) is 30.9 Å². The van der Waals surface area contributed by atoms with Gasteiger partial charge in [-0.1, -0.05) is 19.4 Å². The van der Waals surface area contributed by atoms with Crippen molar-refractivity contribution in [1.29, 1.82) is 0 Å². The number of nitrogens with zero attached hydrogens (tertiary/aromatic N) is 1. The maximum absolute atomic E-state index is 12.7. The molecule has 1 unspecified atom stereocenters. The van der Waals surface area contributed by atoms with Crippen molar-refractivity contribution in [1.82, 2.24) is 0 Å².